The topological polar surface area (TPSA) is 95.2 Å². The SMILES string of the molecule is COCCO[C@@H]1[C@H](O)[C@@H](CO)O[C@H]1n1ccc(Oc2c(C)cccc2C)nc1=S. The summed E-state index contributed by atoms with van der Waals surface area (Å²) in [6.45, 7) is 4.22. The number of aryl methyl sites for hydroxylation is 2. The third-order valence-electron chi connectivity index (χ3n) is 4.78. The second-order valence-corrected chi connectivity index (χ2v) is 7.21. The molecular weight excluding hydrogens is 396 g/mol. The van der Waals surface area contributed by atoms with Gasteiger partial charge in [-0.3, -0.25) is 4.57 Å². The van der Waals surface area contributed by atoms with E-state index < -0.39 is 24.5 Å². The molecule has 0 spiro atoms. The summed E-state index contributed by atoms with van der Waals surface area (Å²) in [4.78, 5) is 4.35. The first-order chi connectivity index (χ1) is 14.0. The summed E-state index contributed by atoms with van der Waals surface area (Å²) in [7, 11) is 1.56. The van der Waals surface area contributed by atoms with Crippen molar-refractivity contribution in [1.29, 1.82) is 0 Å². The van der Waals surface area contributed by atoms with Crippen molar-refractivity contribution in [3.05, 3.63) is 46.4 Å². The van der Waals surface area contributed by atoms with Crippen molar-refractivity contribution in [3.8, 4) is 11.6 Å². The summed E-state index contributed by atoms with van der Waals surface area (Å²) in [5, 5.41) is 19.9. The summed E-state index contributed by atoms with van der Waals surface area (Å²) in [5.41, 5.74) is 1.99. The Morgan fingerprint density at radius 3 is 2.55 bits per heavy atom. The Balaban J connectivity index is 1.83. The molecule has 1 saturated heterocycles. The summed E-state index contributed by atoms with van der Waals surface area (Å²) in [6.07, 6.45) is -1.55. The Bertz CT molecular complexity index is 869. The zero-order valence-electron chi connectivity index (χ0n) is 16.6. The molecule has 8 nitrogen and oxygen atoms in total. The molecule has 0 bridgehead atoms. The Morgan fingerprint density at radius 2 is 1.93 bits per heavy atom. The van der Waals surface area contributed by atoms with Crippen LogP contribution in [0.3, 0.4) is 0 Å². The molecule has 1 aliphatic heterocycles. The lowest BCUT2D eigenvalue weighted by molar-refractivity contribution is -0.0812. The predicted octanol–water partition coefficient (Wildman–Crippen LogP) is 2.30. The molecule has 0 radical (unpaired) electrons. The van der Waals surface area contributed by atoms with Crippen LogP contribution in [0.15, 0.2) is 30.5 Å². The molecular formula is C20H26N2O6S. The molecule has 2 N–H and O–H groups in total. The Labute approximate surface area is 174 Å². The first-order valence-electron chi connectivity index (χ1n) is 9.34. The average Bonchev–Trinajstić information content (AvgIpc) is 3.01. The Morgan fingerprint density at radius 1 is 1.21 bits per heavy atom. The maximum Gasteiger partial charge on any atom is 0.223 e. The second-order valence-electron chi connectivity index (χ2n) is 6.85. The first kappa shape index (κ1) is 21.8. The van der Waals surface area contributed by atoms with Crippen LogP contribution in [0.2, 0.25) is 0 Å². The zero-order chi connectivity index (χ0) is 21.0. The molecule has 1 aliphatic rings. The minimum absolute atomic E-state index is 0.213. The lowest BCUT2D eigenvalue weighted by atomic mass is 10.1. The van der Waals surface area contributed by atoms with Crippen LogP contribution in [0.4, 0.5) is 0 Å². The summed E-state index contributed by atoms with van der Waals surface area (Å²) in [5.74, 6) is 1.10. The van der Waals surface area contributed by atoms with Crippen LogP contribution in [0, 0.1) is 18.6 Å². The molecule has 0 unspecified atom stereocenters. The smallest absolute Gasteiger partial charge is 0.223 e. The molecule has 0 amide bonds. The highest BCUT2D eigenvalue weighted by Crippen LogP contribution is 2.33. The van der Waals surface area contributed by atoms with Crippen molar-refractivity contribution in [3.63, 3.8) is 0 Å². The van der Waals surface area contributed by atoms with Crippen LogP contribution < -0.4 is 4.74 Å². The highest BCUT2D eigenvalue weighted by atomic mass is 32.1. The van der Waals surface area contributed by atoms with Crippen molar-refractivity contribution in [2.24, 2.45) is 0 Å². The molecule has 0 saturated carbocycles. The first-order valence-corrected chi connectivity index (χ1v) is 9.75. The fraction of sp³-hybridized carbons (Fsp3) is 0.500. The van der Waals surface area contributed by atoms with Gasteiger partial charge in [-0.25, -0.2) is 0 Å². The molecule has 2 heterocycles. The van der Waals surface area contributed by atoms with Gasteiger partial charge in [0, 0.05) is 19.4 Å². The van der Waals surface area contributed by atoms with Gasteiger partial charge in [-0.2, -0.15) is 4.98 Å². The highest BCUT2D eigenvalue weighted by molar-refractivity contribution is 7.71. The van der Waals surface area contributed by atoms with E-state index >= 15 is 0 Å². The molecule has 4 atom stereocenters. The van der Waals surface area contributed by atoms with Crippen LogP contribution in [0.1, 0.15) is 17.4 Å². The van der Waals surface area contributed by atoms with E-state index in [-0.39, 0.29) is 18.0 Å². The van der Waals surface area contributed by atoms with Crippen LogP contribution in [0.25, 0.3) is 0 Å². The number of aliphatic hydroxyl groups is 2. The Hall–Kier alpha value is -1.88. The van der Waals surface area contributed by atoms with Gasteiger partial charge in [-0.1, -0.05) is 18.2 Å². The van der Waals surface area contributed by atoms with Gasteiger partial charge in [0.1, 0.15) is 24.1 Å². The van der Waals surface area contributed by atoms with Gasteiger partial charge in [0.25, 0.3) is 0 Å². The van der Waals surface area contributed by atoms with E-state index in [1.54, 1.807) is 23.9 Å². The van der Waals surface area contributed by atoms with Gasteiger partial charge in [0.2, 0.25) is 10.7 Å². The molecule has 1 aromatic heterocycles. The number of nitrogens with zero attached hydrogens (tertiary/aromatic N) is 2. The van der Waals surface area contributed by atoms with Gasteiger partial charge in [0.05, 0.1) is 19.8 Å². The summed E-state index contributed by atoms with van der Waals surface area (Å²) in [6, 6.07) is 7.57. The highest BCUT2D eigenvalue weighted by Gasteiger charge is 2.45. The van der Waals surface area contributed by atoms with E-state index in [2.05, 4.69) is 4.98 Å². The van der Waals surface area contributed by atoms with Crippen molar-refractivity contribution in [2.75, 3.05) is 26.9 Å². The van der Waals surface area contributed by atoms with Crippen LogP contribution in [-0.2, 0) is 14.2 Å². The number of rotatable bonds is 8. The van der Waals surface area contributed by atoms with Crippen molar-refractivity contribution in [1.82, 2.24) is 9.55 Å². The number of ether oxygens (including phenoxy) is 4. The van der Waals surface area contributed by atoms with Gasteiger partial charge in [-0.05, 0) is 37.2 Å². The molecule has 158 valence electrons. The number of para-hydroxylation sites is 1. The van der Waals surface area contributed by atoms with E-state index in [1.165, 1.54) is 0 Å². The molecule has 1 aromatic carbocycles. The number of methoxy groups -OCH3 is 1. The third kappa shape index (κ3) is 4.82. The van der Waals surface area contributed by atoms with E-state index in [0.717, 1.165) is 16.9 Å². The summed E-state index contributed by atoms with van der Waals surface area (Å²) < 4.78 is 24.2. The van der Waals surface area contributed by atoms with E-state index in [0.29, 0.717) is 12.5 Å². The van der Waals surface area contributed by atoms with Crippen molar-refractivity contribution < 1.29 is 29.2 Å². The largest absolute Gasteiger partial charge is 0.438 e. The standard InChI is InChI=1S/C20H26N2O6S/c1-12-5-4-6-13(2)17(12)28-15-7-8-22(20(29)21-15)19-18(26-10-9-25-3)16(24)14(11-23)27-19/h4-8,14,16,18-19,23-24H,9-11H2,1-3H3/t14-,16-,18-,19-/m1/s1. The number of hydrogen-bond acceptors (Lipinski definition) is 8. The van der Waals surface area contributed by atoms with Crippen molar-refractivity contribution >= 4 is 12.2 Å². The van der Waals surface area contributed by atoms with Gasteiger partial charge >= 0.3 is 0 Å². The number of aliphatic hydroxyl groups excluding tert-OH is 2. The normalized spacial score (nSPS) is 24.0. The Kier molecular flexibility index (Phi) is 7.33. The van der Waals surface area contributed by atoms with Gasteiger partial charge in [-0.15, -0.1) is 0 Å². The average molecular weight is 423 g/mol. The quantitative estimate of drug-likeness (QED) is 0.494. The fourth-order valence-electron chi connectivity index (χ4n) is 3.25. The monoisotopic (exact) mass is 422 g/mol. The molecule has 0 aliphatic carbocycles. The molecule has 1 fully saturated rings. The molecule has 2 aromatic rings. The van der Waals surface area contributed by atoms with Crippen LogP contribution in [-0.4, -0.2) is 65.0 Å². The fourth-order valence-corrected chi connectivity index (χ4v) is 3.51. The number of hydrogen-bond donors (Lipinski definition) is 2. The third-order valence-corrected chi connectivity index (χ3v) is 5.09. The number of aromatic nitrogens is 2. The maximum atomic E-state index is 10.4. The molecule has 29 heavy (non-hydrogen) atoms. The maximum absolute atomic E-state index is 10.4. The molecule has 3 rings (SSSR count). The lowest BCUT2D eigenvalue weighted by Gasteiger charge is -2.23. The van der Waals surface area contributed by atoms with Gasteiger partial charge < -0.3 is 29.2 Å². The van der Waals surface area contributed by atoms with Crippen molar-refractivity contribution in [2.45, 2.75) is 38.4 Å². The minimum atomic E-state index is -1.01. The predicted molar refractivity (Wildman–Crippen MR) is 108 cm³/mol. The summed E-state index contributed by atoms with van der Waals surface area (Å²) >= 11 is 5.43. The van der Waals surface area contributed by atoms with Crippen LogP contribution >= 0.6 is 12.2 Å². The molecule has 9 heteroatoms. The lowest BCUT2D eigenvalue weighted by Crippen LogP contribution is -2.36. The van der Waals surface area contributed by atoms with Gasteiger partial charge in [0.15, 0.2) is 6.23 Å². The van der Waals surface area contributed by atoms with E-state index in [1.807, 2.05) is 32.0 Å². The van der Waals surface area contributed by atoms with Crippen LogP contribution in [0.5, 0.6) is 11.6 Å². The second kappa shape index (κ2) is 9.75. The van der Waals surface area contributed by atoms with E-state index in [4.69, 9.17) is 31.2 Å². The minimum Gasteiger partial charge on any atom is -0.438 e. The van der Waals surface area contributed by atoms with E-state index in [9.17, 15) is 10.2 Å². The zero-order valence-corrected chi connectivity index (χ0v) is 17.5. The number of benzene rings is 1.